The summed E-state index contributed by atoms with van der Waals surface area (Å²) < 4.78 is 8.94. The molecule has 0 spiro atoms. The number of anilines is 1. The molecule has 2 saturated heterocycles. The number of amides is 1. The van der Waals surface area contributed by atoms with Gasteiger partial charge in [0, 0.05) is 31.7 Å². The predicted molar refractivity (Wildman–Crippen MR) is 160 cm³/mol. The van der Waals surface area contributed by atoms with Crippen LogP contribution < -0.4 is 16.2 Å². The summed E-state index contributed by atoms with van der Waals surface area (Å²) in [5.41, 5.74) is 6.70. The zero-order valence-corrected chi connectivity index (χ0v) is 23.9. The molecule has 0 unspecified atom stereocenters. The molecule has 2 aliphatic heterocycles. The molecule has 2 aromatic heterocycles. The van der Waals surface area contributed by atoms with Gasteiger partial charge in [-0.15, -0.1) is 0 Å². The number of carbonyl (C=O) groups excluding carboxylic acids is 1. The molecule has 2 aromatic carbocycles. The van der Waals surface area contributed by atoms with E-state index in [4.69, 9.17) is 10.5 Å². The van der Waals surface area contributed by atoms with E-state index in [-0.39, 0.29) is 35.6 Å². The quantitative estimate of drug-likeness (QED) is 0.248. The summed E-state index contributed by atoms with van der Waals surface area (Å²) in [6.45, 7) is 5.40. The summed E-state index contributed by atoms with van der Waals surface area (Å²) in [5, 5.41) is 19.5. The molecule has 0 saturated carbocycles. The van der Waals surface area contributed by atoms with Crippen molar-refractivity contribution in [3.63, 3.8) is 0 Å². The van der Waals surface area contributed by atoms with E-state index < -0.39 is 11.6 Å². The van der Waals surface area contributed by atoms with Crippen LogP contribution in [0.1, 0.15) is 26.3 Å². The van der Waals surface area contributed by atoms with Gasteiger partial charge in [0.2, 0.25) is 0 Å². The van der Waals surface area contributed by atoms with Crippen LogP contribution >= 0.6 is 0 Å². The van der Waals surface area contributed by atoms with Crippen LogP contribution in [0.25, 0.3) is 16.9 Å². The number of para-hydroxylation sites is 1. The maximum atomic E-state index is 14.0. The van der Waals surface area contributed by atoms with Crippen LogP contribution in [0.2, 0.25) is 0 Å². The molecule has 2 fully saturated rings. The minimum absolute atomic E-state index is 0.0335. The van der Waals surface area contributed by atoms with Crippen molar-refractivity contribution in [1.82, 2.24) is 28.9 Å². The SMILES string of the molecule is CC(C)(C=C(C#N)C(=O)N1CC[C@H](n2c(=O)n(-c3ccc(Oc4ccccc4)cc3)c3c(N)ncnc32)C1)N1CC(O)C1. The maximum Gasteiger partial charge on any atom is 0.335 e. The Morgan fingerprint density at radius 1 is 1.09 bits per heavy atom. The topological polar surface area (TPSA) is 156 Å². The van der Waals surface area contributed by atoms with Gasteiger partial charge >= 0.3 is 5.69 Å². The molecule has 220 valence electrons. The van der Waals surface area contributed by atoms with Crippen molar-refractivity contribution in [3.05, 3.63) is 83.1 Å². The lowest BCUT2D eigenvalue weighted by atomic mass is 9.94. The molecular weight excluding hydrogens is 548 g/mol. The van der Waals surface area contributed by atoms with E-state index >= 15 is 0 Å². The number of carbonyl (C=O) groups is 1. The van der Waals surface area contributed by atoms with E-state index in [0.29, 0.717) is 54.4 Å². The van der Waals surface area contributed by atoms with Crippen molar-refractivity contribution in [2.24, 2.45) is 0 Å². The van der Waals surface area contributed by atoms with Gasteiger partial charge in [0.25, 0.3) is 5.91 Å². The molecular formula is C31H32N8O4. The van der Waals surface area contributed by atoms with Crippen LogP contribution in [0, 0.1) is 11.3 Å². The maximum absolute atomic E-state index is 14.0. The van der Waals surface area contributed by atoms with E-state index in [1.165, 1.54) is 10.9 Å². The van der Waals surface area contributed by atoms with Crippen LogP contribution in [-0.4, -0.2) is 77.7 Å². The van der Waals surface area contributed by atoms with Gasteiger partial charge in [-0.25, -0.2) is 14.8 Å². The zero-order valence-electron chi connectivity index (χ0n) is 23.9. The second-order valence-electron chi connectivity index (χ2n) is 11.4. The van der Waals surface area contributed by atoms with Gasteiger partial charge in [-0.1, -0.05) is 18.2 Å². The zero-order chi connectivity index (χ0) is 30.3. The highest BCUT2D eigenvalue weighted by molar-refractivity contribution is 5.97. The number of benzene rings is 2. The standard InChI is InChI=1S/C31H32N8O4/c1-31(2,37-17-23(40)18-37)14-20(15-32)29(41)36-13-12-22(16-36)39-28-26(27(33)34-19-35-28)38(30(39)42)21-8-10-25(11-9-21)43-24-6-4-3-5-7-24/h3-11,14,19,22-23,40H,12-13,16-18H2,1-2H3,(H2,33,34,35)/t22-/m0/s1. The first-order valence-corrected chi connectivity index (χ1v) is 14.1. The summed E-state index contributed by atoms with van der Waals surface area (Å²) in [5.74, 6) is 1.07. The Labute approximate surface area is 247 Å². The summed E-state index contributed by atoms with van der Waals surface area (Å²) in [4.78, 5) is 39.6. The number of aromatic nitrogens is 4. The largest absolute Gasteiger partial charge is 0.457 e. The first-order valence-electron chi connectivity index (χ1n) is 14.1. The molecule has 0 aliphatic carbocycles. The Morgan fingerprint density at radius 3 is 2.47 bits per heavy atom. The molecule has 3 N–H and O–H groups in total. The molecule has 0 bridgehead atoms. The van der Waals surface area contributed by atoms with Crippen molar-refractivity contribution in [2.45, 2.75) is 38.0 Å². The van der Waals surface area contributed by atoms with Gasteiger partial charge in [-0.05, 0) is 62.7 Å². The van der Waals surface area contributed by atoms with Crippen LogP contribution in [0.3, 0.4) is 0 Å². The highest BCUT2D eigenvalue weighted by Gasteiger charge is 2.37. The number of hydrogen-bond acceptors (Lipinski definition) is 9. The predicted octanol–water partition coefficient (Wildman–Crippen LogP) is 2.64. The average Bonchev–Trinajstić information content (AvgIpc) is 3.58. The number of nitrogen functional groups attached to an aromatic ring is 1. The summed E-state index contributed by atoms with van der Waals surface area (Å²) in [6.07, 6.45) is 3.08. The van der Waals surface area contributed by atoms with Crippen LogP contribution in [0.4, 0.5) is 5.82 Å². The fourth-order valence-corrected chi connectivity index (χ4v) is 5.74. The number of rotatable bonds is 7. The van der Waals surface area contributed by atoms with Crippen LogP contribution in [-0.2, 0) is 4.79 Å². The average molecular weight is 581 g/mol. The monoisotopic (exact) mass is 580 g/mol. The minimum atomic E-state index is -0.570. The lowest BCUT2D eigenvalue weighted by molar-refractivity contribution is -0.125. The van der Waals surface area contributed by atoms with Gasteiger partial charge in [0.05, 0.1) is 17.8 Å². The molecule has 0 radical (unpaired) electrons. The number of imidazole rings is 1. The lowest BCUT2D eigenvalue weighted by Gasteiger charge is -2.46. The van der Waals surface area contributed by atoms with Crippen molar-refractivity contribution in [3.8, 4) is 23.3 Å². The number of nitriles is 1. The van der Waals surface area contributed by atoms with Crippen molar-refractivity contribution in [2.75, 3.05) is 31.9 Å². The molecule has 43 heavy (non-hydrogen) atoms. The van der Waals surface area contributed by atoms with Gasteiger partial charge in [0.1, 0.15) is 35.0 Å². The van der Waals surface area contributed by atoms with E-state index in [1.807, 2.05) is 49.1 Å². The van der Waals surface area contributed by atoms with Crippen LogP contribution in [0.15, 0.2) is 77.4 Å². The highest BCUT2D eigenvalue weighted by atomic mass is 16.5. The van der Waals surface area contributed by atoms with Crippen molar-refractivity contribution >= 4 is 22.9 Å². The molecule has 1 amide bonds. The smallest absolute Gasteiger partial charge is 0.335 e. The van der Waals surface area contributed by atoms with Crippen molar-refractivity contribution in [1.29, 1.82) is 5.26 Å². The Morgan fingerprint density at radius 2 is 1.79 bits per heavy atom. The molecule has 1 atom stereocenters. The Kier molecular flexibility index (Phi) is 7.21. The second-order valence-corrected chi connectivity index (χ2v) is 11.4. The highest BCUT2D eigenvalue weighted by Crippen LogP contribution is 2.30. The Bertz CT molecular complexity index is 1800. The van der Waals surface area contributed by atoms with Crippen molar-refractivity contribution < 1.29 is 14.6 Å². The van der Waals surface area contributed by atoms with E-state index in [9.17, 15) is 20.0 Å². The van der Waals surface area contributed by atoms with Gasteiger partial charge in [0.15, 0.2) is 11.5 Å². The number of fused-ring (bicyclic) bond motifs is 1. The molecule has 4 aromatic rings. The lowest BCUT2D eigenvalue weighted by Crippen LogP contribution is -2.59. The fourth-order valence-electron chi connectivity index (χ4n) is 5.74. The van der Waals surface area contributed by atoms with Gasteiger partial charge < -0.3 is 20.5 Å². The molecule has 2 aliphatic rings. The number of β-amino-alcohol motifs (C(OH)–C–C–N with tert-alkyl or cyclic N) is 1. The minimum Gasteiger partial charge on any atom is -0.457 e. The number of hydrogen-bond donors (Lipinski definition) is 2. The number of aliphatic hydroxyl groups is 1. The van der Waals surface area contributed by atoms with E-state index in [0.717, 1.165) is 0 Å². The van der Waals surface area contributed by atoms with E-state index in [1.54, 1.807) is 39.8 Å². The number of aliphatic hydroxyl groups excluding tert-OH is 1. The third-order valence-corrected chi connectivity index (χ3v) is 8.10. The number of nitrogens with zero attached hydrogens (tertiary/aromatic N) is 7. The summed E-state index contributed by atoms with van der Waals surface area (Å²) >= 11 is 0. The normalized spacial score (nSPS) is 18.0. The number of likely N-dealkylation sites (tertiary alicyclic amines) is 2. The van der Waals surface area contributed by atoms with Gasteiger partial charge in [-0.2, -0.15) is 5.26 Å². The summed E-state index contributed by atoms with van der Waals surface area (Å²) in [6, 6.07) is 18.1. The Balaban J connectivity index is 1.28. The summed E-state index contributed by atoms with van der Waals surface area (Å²) in [7, 11) is 0. The first-order chi connectivity index (χ1) is 20.7. The molecule has 4 heterocycles. The van der Waals surface area contributed by atoms with Gasteiger partial charge in [-0.3, -0.25) is 18.8 Å². The first kappa shape index (κ1) is 28.1. The van der Waals surface area contributed by atoms with Crippen LogP contribution in [0.5, 0.6) is 11.5 Å². The van der Waals surface area contributed by atoms with E-state index in [2.05, 4.69) is 16.0 Å². The molecule has 12 nitrogen and oxygen atoms in total. The second kappa shape index (κ2) is 11.0. The Hall–Kier alpha value is -4.99. The third kappa shape index (κ3) is 5.24. The third-order valence-electron chi connectivity index (χ3n) is 8.10. The molecule has 6 rings (SSSR count). The fraction of sp³-hybridized carbons (Fsp3) is 0.323. The molecule has 12 heteroatoms. The number of nitrogens with two attached hydrogens (primary N) is 1. The number of ether oxygens (including phenoxy) is 1.